The molecule has 14 rings (SSSR count). The third-order valence-electron chi connectivity index (χ3n) is 15.2. The fraction of sp³-hybridized carbons (Fsp3) is 0.0625. The van der Waals surface area contributed by atoms with E-state index in [0.29, 0.717) is 0 Å². The molecule has 1 unspecified atom stereocenters. The van der Waals surface area contributed by atoms with Gasteiger partial charge in [-0.25, -0.2) is 0 Å². The number of hydrogen-bond donors (Lipinski definition) is 0. The Kier molecular flexibility index (Phi) is 7.45. The molecule has 0 saturated heterocycles. The first-order valence-corrected chi connectivity index (χ1v) is 22.9. The molecule has 0 fully saturated rings. The molecule has 0 bridgehead atoms. The average Bonchev–Trinajstić information content (AvgIpc) is 3.77. The summed E-state index contributed by atoms with van der Waals surface area (Å²) in [6, 6.07) is 84.9. The second kappa shape index (κ2) is 13.3. The van der Waals surface area contributed by atoms with Crippen molar-refractivity contribution in [1.82, 2.24) is 0 Å². The summed E-state index contributed by atoms with van der Waals surface area (Å²) in [5, 5.41) is 7.54. The van der Waals surface area contributed by atoms with Crippen LogP contribution in [0, 0.1) is 0 Å². The highest BCUT2D eigenvalue weighted by Crippen LogP contribution is 2.64. The van der Waals surface area contributed by atoms with Crippen LogP contribution in [0.15, 0.2) is 224 Å². The Balaban J connectivity index is 1.11. The minimum absolute atomic E-state index is 0.147. The van der Waals surface area contributed by atoms with E-state index in [0.717, 1.165) is 17.1 Å². The number of hydrogen-bond acceptors (Lipinski definition) is 1. The van der Waals surface area contributed by atoms with Gasteiger partial charge < -0.3 is 4.90 Å². The molecule has 0 radical (unpaired) electrons. The van der Waals surface area contributed by atoms with Gasteiger partial charge in [0.15, 0.2) is 0 Å². The summed E-state index contributed by atoms with van der Waals surface area (Å²) in [5.41, 5.74) is 21.1. The molecule has 0 aromatic heterocycles. The quantitative estimate of drug-likeness (QED) is 0.171. The molecule has 0 aliphatic heterocycles. The van der Waals surface area contributed by atoms with Gasteiger partial charge in [-0.3, -0.25) is 0 Å². The van der Waals surface area contributed by atoms with E-state index in [1.54, 1.807) is 0 Å². The van der Waals surface area contributed by atoms with Crippen molar-refractivity contribution in [1.29, 1.82) is 0 Å². The van der Waals surface area contributed by atoms with Crippen LogP contribution in [0.1, 0.15) is 47.2 Å². The second-order valence-corrected chi connectivity index (χ2v) is 18.7. The van der Waals surface area contributed by atoms with Crippen molar-refractivity contribution >= 4 is 49.4 Å². The summed E-state index contributed by atoms with van der Waals surface area (Å²) >= 11 is 0. The fourth-order valence-corrected chi connectivity index (χ4v) is 12.5. The van der Waals surface area contributed by atoms with Gasteiger partial charge in [0.1, 0.15) is 0 Å². The van der Waals surface area contributed by atoms with Crippen molar-refractivity contribution < 1.29 is 0 Å². The SMILES string of the molecule is CC1(C)c2ccccc2-c2ccc(N(c3ccc4c(c3)C3(c5ccccc5-4)c4ccccc4-c4cccc5ccc(-c6cccc7ccccc67)c3c45)c3cccc4ccccc34)cc21. The summed E-state index contributed by atoms with van der Waals surface area (Å²) in [6.45, 7) is 4.76. The van der Waals surface area contributed by atoms with E-state index in [-0.39, 0.29) is 5.41 Å². The van der Waals surface area contributed by atoms with Crippen molar-refractivity contribution in [3.05, 3.63) is 258 Å². The number of nitrogens with zero attached hydrogens (tertiary/aromatic N) is 1. The molecule has 0 amide bonds. The van der Waals surface area contributed by atoms with Crippen molar-refractivity contribution in [3.8, 4) is 44.5 Å². The third kappa shape index (κ3) is 4.82. The van der Waals surface area contributed by atoms with Crippen LogP contribution in [0.4, 0.5) is 17.1 Å². The summed E-state index contributed by atoms with van der Waals surface area (Å²) in [4.78, 5) is 2.54. The Labute approximate surface area is 379 Å². The standard InChI is InChI=1S/C64H43N/c1-63(2)55-28-10-7-23-48(55)51-36-33-43(38-58(51)63)65(60-31-15-19-41-17-4-6-22-46(41)60)44-34-37-52-49-24-8-11-29-56(49)64(59(52)39-44)57-30-12-9-25-50(57)53-27-14-20-42-32-35-54(62(64)61(42)53)47-26-13-18-40-16-3-5-21-45(40)47/h3-39H,1-2H3. The van der Waals surface area contributed by atoms with E-state index in [2.05, 4.69) is 243 Å². The smallest absolute Gasteiger partial charge is 0.0732 e. The van der Waals surface area contributed by atoms with E-state index in [4.69, 9.17) is 0 Å². The molecule has 0 N–H and O–H groups in total. The van der Waals surface area contributed by atoms with Gasteiger partial charge in [0.05, 0.1) is 11.1 Å². The lowest BCUT2D eigenvalue weighted by atomic mass is 9.60. The second-order valence-electron chi connectivity index (χ2n) is 18.7. The van der Waals surface area contributed by atoms with Gasteiger partial charge in [-0.2, -0.15) is 0 Å². The monoisotopic (exact) mass is 825 g/mol. The highest BCUT2D eigenvalue weighted by Gasteiger charge is 2.51. The Bertz CT molecular complexity index is 3820. The first-order chi connectivity index (χ1) is 32.0. The maximum absolute atomic E-state index is 2.56. The van der Waals surface area contributed by atoms with Crippen molar-refractivity contribution in [2.24, 2.45) is 0 Å². The van der Waals surface area contributed by atoms with Crippen LogP contribution >= 0.6 is 0 Å². The normalized spacial score (nSPS) is 15.7. The van der Waals surface area contributed by atoms with E-state index in [9.17, 15) is 0 Å². The van der Waals surface area contributed by atoms with Crippen LogP contribution < -0.4 is 4.90 Å². The van der Waals surface area contributed by atoms with Gasteiger partial charge in [-0.15, -0.1) is 0 Å². The molecule has 0 heterocycles. The van der Waals surface area contributed by atoms with Crippen LogP contribution in [0.2, 0.25) is 0 Å². The van der Waals surface area contributed by atoms with Crippen LogP contribution in [-0.2, 0) is 10.8 Å². The molecule has 0 saturated carbocycles. The van der Waals surface area contributed by atoms with Crippen molar-refractivity contribution in [2.75, 3.05) is 4.90 Å². The van der Waals surface area contributed by atoms with Crippen molar-refractivity contribution in [3.63, 3.8) is 0 Å². The van der Waals surface area contributed by atoms with Gasteiger partial charge in [0.25, 0.3) is 0 Å². The summed E-state index contributed by atoms with van der Waals surface area (Å²) in [7, 11) is 0. The lowest BCUT2D eigenvalue weighted by Gasteiger charge is -2.42. The predicted octanol–water partition coefficient (Wildman–Crippen LogP) is 16.9. The molecule has 3 aliphatic carbocycles. The van der Waals surface area contributed by atoms with Crippen molar-refractivity contribution in [2.45, 2.75) is 24.7 Å². The number of benzene rings is 11. The van der Waals surface area contributed by atoms with Crippen LogP contribution in [0.3, 0.4) is 0 Å². The van der Waals surface area contributed by atoms with Gasteiger partial charge in [0.2, 0.25) is 0 Å². The molecule has 1 heteroatoms. The lowest BCUT2D eigenvalue weighted by Crippen LogP contribution is -2.32. The summed E-state index contributed by atoms with van der Waals surface area (Å²) in [5.74, 6) is 0. The Morgan fingerprint density at radius 2 is 0.769 bits per heavy atom. The molecule has 3 aliphatic rings. The molecule has 1 atom stereocenters. The minimum atomic E-state index is -0.634. The molecular formula is C64H43N. The first-order valence-electron chi connectivity index (χ1n) is 22.9. The van der Waals surface area contributed by atoms with E-state index in [1.807, 2.05) is 0 Å². The fourth-order valence-electron chi connectivity index (χ4n) is 12.5. The lowest BCUT2D eigenvalue weighted by molar-refractivity contribution is 0.660. The number of fused-ring (bicyclic) bond motifs is 14. The Morgan fingerprint density at radius 1 is 0.308 bits per heavy atom. The first kappa shape index (κ1) is 36.5. The van der Waals surface area contributed by atoms with Gasteiger partial charge in [-0.05, 0) is 135 Å². The molecule has 1 spiro atoms. The van der Waals surface area contributed by atoms with Gasteiger partial charge >= 0.3 is 0 Å². The topological polar surface area (TPSA) is 3.24 Å². The molecular weight excluding hydrogens is 783 g/mol. The largest absolute Gasteiger partial charge is 0.310 e. The zero-order chi connectivity index (χ0) is 43.0. The van der Waals surface area contributed by atoms with E-state index >= 15 is 0 Å². The summed E-state index contributed by atoms with van der Waals surface area (Å²) in [6.07, 6.45) is 0. The maximum atomic E-state index is 2.56. The Hall–Kier alpha value is -8.00. The maximum Gasteiger partial charge on any atom is 0.0732 e. The molecule has 65 heavy (non-hydrogen) atoms. The highest BCUT2D eigenvalue weighted by atomic mass is 15.1. The van der Waals surface area contributed by atoms with Crippen LogP contribution in [0.25, 0.3) is 76.8 Å². The van der Waals surface area contributed by atoms with Crippen LogP contribution in [0.5, 0.6) is 0 Å². The minimum Gasteiger partial charge on any atom is -0.310 e. The summed E-state index contributed by atoms with van der Waals surface area (Å²) < 4.78 is 0. The van der Waals surface area contributed by atoms with Crippen LogP contribution in [-0.4, -0.2) is 0 Å². The van der Waals surface area contributed by atoms with E-state index in [1.165, 1.54) is 110 Å². The number of rotatable bonds is 4. The highest BCUT2D eigenvalue weighted by molar-refractivity contribution is 6.12. The molecule has 11 aromatic rings. The van der Waals surface area contributed by atoms with E-state index < -0.39 is 5.41 Å². The Morgan fingerprint density at radius 3 is 1.49 bits per heavy atom. The predicted molar refractivity (Wildman–Crippen MR) is 273 cm³/mol. The molecule has 11 aromatic carbocycles. The third-order valence-corrected chi connectivity index (χ3v) is 15.2. The zero-order valence-corrected chi connectivity index (χ0v) is 36.3. The van der Waals surface area contributed by atoms with Gasteiger partial charge in [0, 0.05) is 22.2 Å². The zero-order valence-electron chi connectivity index (χ0n) is 36.3. The molecule has 1 nitrogen and oxygen atoms in total. The molecule has 304 valence electrons. The number of anilines is 3. The average molecular weight is 826 g/mol. The van der Waals surface area contributed by atoms with Gasteiger partial charge in [-0.1, -0.05) is 208 Å².